The number of anilines is 2. The van der Waals surface area contributed by atoms with Crippen LogP contribution in [0.5, 0.6) is 0 Å². The first kappa shape index (κ1) is 24.0. The molecule has 4 aromatic rings. The lowest BCUT2D eigenvalue weighted by atomic mass is 10.1. The fourth-order valence-electron chi connectivity index (χ4n) is 3.11. The summed E-state index contributed by atoms with van der Waals surface area (Å²) < 4.78 is 38.6. The molecule has 0 aliphatic heterocycles. The van der Waals surface area contributed by atoms with Gasteiger partial charge in [0.05, 0.1) is 11.9 Å². The van der Waals surface area contributed by atoms with E-state index in [1.165, 1.54) is 0 Å². The molecular weight excluding hydrogens is 453 g/mol. The molecule has 0 saturated carbocycles. The highest BCUT2D eigenvalue weighted by molar-refractivity contribution is 5.90. The van der Waals surface area contributed by atoms with Crippen LogP contribution in [0.4, 0.5) is 29.5 Å². The van der Waals surface area contributed by atoms with Crippen LogP contribution in [0.15, 0.2) is 67.1 Å². The number of imidazole rings is 1. The minimum atomic E-state index is -4.48. The number of fused-ring (bicyclic) bond motifs is 1. The maximum atomic E-state index is 12.2. The summed E-state index contributed by atoms with van der Waals surface area (Å²) >= 11 is 0. The second-order valence-corrected chi connectivity index (χ2v) is 6.87. The van der Waals surface area contributed by atoms with Crippen molar-refractivity contribution in [3.05, 3.63) is 67.1 Å². The summed E-state index contributed by atoms with van der Waals surface area (Å²) in [6.45, 7) is -1.66. The number of amides is 2. The molecule has 176 valence electrons. The van der Waals surface area contributed by atoms with Gasteiger partial charge in [0.15, 0.2) is 0 Å². The van der Waals surface area contributed by atoms with Gasteiger partial charge in [-0.2, -0.15) is 13.2 Å². The van der Waals surface area contributed by atoms with E-state index in [-0.39, 0.29) is 6.47 Å². The first-order valence-electron chi connectivity index (χ1n) is 9.69. The number of pyridine rings is 2. The highest BCUT2D eigenvalue weighted by Crippen LogP contribution is 2.27. The predicted molar refractivity (Wildman–Crippen MR) is 120 cm³/mol. The molecule has 12 heteroatoms. The predicted octanol–water partition coefficient (Wildman–Crippen LogP) is 4.03. The number of carbonyl (C=O) groups excluding carboxylic acids is 1. The van der Waals surface area contributed by atoms with Crippen LogP contribution in [0.2, 0.25) is 0 Å². The lowest BCUT2D eigenvalue weighted by Gasteiger charge is -2.11. The van der Waals surface area contributed by atoms with Crippen molar-refractivity contribution >= 4 is 29.7 Å². The fourth-order valence-corrected chi connectivity index (χ4v) is 3.11. The Morgan fingerprint density at radius 3 is 2.53 bits per heavy atom. The van der Waals surface area contributed by atoms with Gasteiger partial charge in [-0.25, -0.2) is 14.8 Å². The third-order valence-corrected chi connectivity index (χ3v) is 4.49. The van der Waals surface area contributed by atoms with E-state index in [0.29, 0.717) is 17.2 Å². The van der Waals surface area contributed by atoms with Crippen molar-refractivity contribution in [1.82, 2.24) is 19.7 Å². The molecule has 0 radical (unpaired) electrons. The Hall–Kier alpha value is -4.61. The Bertz CT molecular complexity index is 1310. The first-order chi connectivity index (χ1) is 16.2. The molecule has 0 bridgehead atoms. The lowest BCUT2D eigenvalue weighted by Crippen LogP contribution is -2.36. The maximum absolute atomic E-state index is 12.2. The molecule has 4 rings (SSSR count). The summed E-state index contributed by atoms with van der Waals surface area (Å²) in [6.07, 6.45) is 0.703. The summed E-state index contributed by atoms with van der Waals surface area (Å²) in [5.74, 6) is 0.421. The summed E-state index contributed by atoms with van der Waals surface area (Å²) in [5, 5.41) is 11.1. The smallest absolute Gasteiger partial charge is 0.405 e. The van der Waals surface area contributed by atoms with Gasteiger partial charge < -0.3 is 21.5 Å². The van der Waals surface area contributed by atoms with Crippen LogP contribution >= 0.6 is 0 Å². The number of carboxylic acid groups (broad SMARTS) is 1. The summed E-state index contributed by atoms with van der Waals surface area (Å²) in [7, 11) is 0. The average Bonchev–Trinajstić information content (AvgIpc) is 3.21. The van der Waals surface area contributed by atoms with Gasteiger partial charge in [0.2, 0.25) is 0 Å². The Kier molecular flexibility index (Phi) is 7.31. The van der Waals surface area contributed by atoms with Crippen molar-refractivity contribution in [1.29, 1.82) is 0 Å². The normalized spacial score (nSPS) is 10.8. The molecule has 2 amide bonds. The molecule has 3 heterocycles. The largest absolute Gasteiger partial charge is 0.483 e. The summed E-state index contributed by atoms with van der Waals surface area (Å²) in [5.41, 5.74) is 10.1. The Morgan fingerprint density at radius 2 is 1.82 bits per heavy atom. The van der Waals surface area contributed by atoms with Crippen LogP contribution in [0.25, 0.3) is 28.0 Å². The van der Waals surface area contributed by atoms with Crippen LogP contribution in [0.3, 0.4) is 0 Å². The molecule has 0 fully saturated rings. The molecule has 0 aliphatic carbocycles. The van der Waals surface area contributed by atoms with Gasteiger partial charge in [-0.05, 0) is 47.5 Å². The number of halogens is 3. The van der Waals surface area contributed by atoms with E-state index in [9.17, 15) is 18.0 Å². The number of hydrogen-bond acceptors (Lipinski definition) is 5. The van der Waals surface area contributed by atoms with E-state index in [1.807, 2.05) is 34.9 Å². The molecule has 3 aromatic heterocycles. The van der Waals surface area contributed by atoms with Gasteiger partial charge in [0, 0.05) is 23.6 Å². The van der Waals surface area contributed by atoms with Crippen LogP contribution < -0.4 is 16.4 Å². The molecular formula is C22H19F3N6O3. The molecule has 0 saturated heterocycles. The van der Waals surface area contributed by atoms with E-state index in [1.54, 1.807) is 42.0 Å². The van der Waals surface area contributed by atoms with Crippen molar-refractivity contribution in [2.45, 2.75) is 6.18 Å². The molecule has 9 nitrogen and oxygen atoms in total. The number of aromatic nitrogens is 3. The highest BCUT2D eigenvalue weighted by Gasteiger charge is 2.27. The van der Waals surface area contributed by atoms with E-state index in [0.717, 1.165) is 22.4 Å². The second kappa shape index (κ2) is 10.3. The SMILES string of the molecule is Nc1cc(-c2ccn3c(-c4cccc(NC(=O)NCC(F)(F)F)c4)cnc3c2)ccn1.O=CO. The van der Waals surface area contributed by atoms with Crippen molar-refractivity contribution in [2.24, 2.45) is 0 Å². The van der Waals surface area contributed by atoms with E-state index in [4.69, 9.17) is 15.6 Å². The number of benzene rings is 1. The number of hydrogen-bond donors (Lipinski definition) is 4. The summed E-state index contributed by atoms with van der Waals surface area (Å²) in [4.78, 5) is 28.5. The fraction of sp³-hybridized carbons (Fsp3) is 0.0909. The molecule has 34 heavy (non-hydrogen) atoms. The standard InChI is InChI=1S/C21H17F3N6O.CH2O2/c22-21(23,24)12-28-20(31)29-16-3-1-2-15(8-16)17-11-27-19-10-14(5-7-30(17)19)13-4-6-26-18(25)9-13;2-1-3/h1-11H,12H2,(H2,25,26)(H2,28,29,31);1H,(H,2,3). The lowest BCUT2D eigenvalue weighted by molar-refractivity contribution is -0.123. The number of nitrogens with one attached hydrogen (secondary N) is 2. The zero-order valence-corrected chi connectivity index (χ0v) is 17.5. The summed E-state index contributed by atoms with van der Waals surface area (Å²) in [6, 6.07) is 13.3. The molecule has 5 N–H and O–H groups in total. The van der Waals surface area contributed by atoms with E-state index in [2.05, 4.69) is 15.3 Å². The Labute approximate surface area is 191 Å². The number of nitrogen functional groups attached to an aromatic ring is 1. The number of nitrogens with two attached hydrogens (primary N) is 1. The van der Waals surface area contributed by atoms with Gasteiger partial charge >= 0.3 is 12.2 Å². The number of carbonyl (C=O) groups is 2. The Balaban J connectivity index is 0.00000103. The minimum Gasteiger partial charge on any atom is -0.483 e. The average molecular weight is 472 g/mol. The number of urea groups is 1. The monoisotopic (exact) mass is 472 g/mol. The van der Waals surface area contributed by atoms with Crippen LogP contribution in [0, 0.1) is 0 Å². The van der Waals surface area contributed by atoms with E-state index < -0.39 is 18.8 Å². The quantitative estimate of drug-likeness (QED) is 0.331. The van der Waals surface area contributed by atoms with Crippen molar-refractivity contribution in [3.8, 4) is 22.4 Å². The number of alkyl halides is 3. The highest BCUT2D eigenvalue weighted by atomic mass is 19.4. The molecule has 0 unspecified atom stereocenters. The second-order valence-electron chi connectivity index (χ2n) is 6.87. The molecule has 0 spiro atoms. The van der Waals surface area contributed by atoms with Gasteiger partial charge in [-0.15, -0.1) is 0 Å². The van der Waals surface area contributed by atoms with Gasteiger partial charge in [0.25, 0.3) is 6.47 Å². The number of nitrogens with zero attached hydrogens (tertiary/aromatic N) is 3. The zero-order chi connectivity index (χ0) is 24.7. The molecule has 0 atom stereocenters. The topological polar surface area (TPSA) is 135 Å². The zero-order valence-electron chi connectivity index (χ0n) is 17.5. The van der Waals surface area contributed by atoms with Gasteiger partial charge in [-0.3, -0.25) is 9.20 Å². The van der Waals surface area contributed by atoms with Gasteiger partial charge in [0.1, 0.15) is 18.0 Å². The van der Waals surface area contributed by atoms with Crippen LogP contribution in [0.1, 0.15) is 0 Å². The van der Waals surface area contributed by atoms with Crippen molar-refractivity contribution in [2.75, 3.05) is 17.6 Å². The van der Waals surface area contributed by atoms with Crippen LogP contribution in [-0.4, -0.2) is 44.7 Å². The number of rotatable bonds is 4. The van der Waals surface area contributed by atoms with Crippen LogP contribution in [-0.2, 0) is 4.79 Å². The van der Waals surface area contributed by atoms with Gasteiger partial charge in [-0.1, -0.05) is 12.1 Å². The van der Waals surface area contributed by atoms with E-state index >= 15 is 0 Å². The minimum absolute atomic E-state index is 0.250. The molecule has 0 aliphatic rings. The Morgan fingerprint density at radius 1 is 1.09 bits per heavy atom. The van der Waals surface area contributed by atoms with Crippen molar-refractivity contribution < 1.29 is 27.9 Å². The third-order valence-electron chi connectivity index (χ3n) is 4.49. The van der Waals surface area contributed by atoms with Crippen molar-refractivity contribution in [3.63, 3.8) is 0 Å². The third kappa shape index (κ3) is 6.22. The first-order valence-corrected chi connectivity index (χ1v) is 9.69. The molecule has 1 aromatic carbocycles. The maximum Gasteiger partial charge on any atom is 0.405 e.